The van der Waals surface area contributed by atoms with E-state index in [1.807, 2.05) is 18.2 Å². The van der Waals surface area contributed by atoms with E-state index in [0.29, 0.717) is 16.1 Å². The Morgan fingerprint density at radius 3 is 2.85 bits per heavy atom. The Kier molecular flexibility index (Phi) is 5.01. The highest BCUT2D eigenvalue weighted by atomic mass is 35.5. The van der Waals surface area contributed by atoms with Crippen molar-refractivity contribution in [2.24, 2.45) is 7.05 Å². The number of hydrogen-bond acceptors (Lipinski definition) is 5. The van der Waals surface area contributed by atoms with E-state index >= 15 is 0 Å². The number of nitrogens with zero attached hydrogens (tertiary/aromatic N) is 4. The van der Waals surface area contributed by atoms with Crippen molar-refractivity contribution >= 4 is 35.0 Å². The molecule has 1 N–H and O–H groups in total. The molecule has 2 aliphatic heterocycles. The van der Waals surface area contributed by atoms with Crippen LogP contribution in [0.4, 0.5) is 11.8 Å². The molecule has 8 heteroatoms. The lowest BCUT2D eigenvalue weighted by molar-refractivity contribution is 0.195. The van der Waals surface area contributed by atoms with E-state index in [2.05, 4.69) is 33.8 Å². The van der Waals surface area contributed by atoms with Gasteiger partial charge in [-0.25, -0.2) is 0 Å². The number of nitrogens with one attached hydrogen (secondary N) is 1. The summed E-state index contributed by atoms with van der Waals surface area (Å²) in [5, 5.41) is 4.70. The number of anilines is 2. The summed E-state index contributed by atoms with van der Waals surface area (Å²) in [7, 11) is 4.15. The first-order valence-corrected chi connectivity index (χ1v) is 9.54. The molecule has 1 saturated heterocycles. The van der Waals surface area contributed by atoms with Crippen LogP contribution in [0.2, 0.25) is 10.0 Å². The lowest BCUT2D eigenvalue weighted by atomic mass is 10.2. The lowest BCUT2D eigenvalue weighted by Crippen LogP contribution is -2.40. The number of halogens is 2. The SMILES string of the molecule is CN1CN(Cc2ccc(Cl)c(Cl)c2)Cc2c1nc(N[C@H]1CCOC1)n2C. The van der Waals surface area contributed by atoms with Crippen molar-refractivity contribution in [1.82, 2.24) is 14.5 Å². The predicted molar refractivity (Wildman–Crippen MR) is 105 cm³/mol. The Balaban J connectivity index is 1.51. The smallest absolute Gasteiger partial charge is 0.205 e. The third kappa shape index (κ3) is 3.51. The van der Waals surface area contributed by atoms with Gasteiger partial charge in [-0.3, -0.25) is 4.90 Å². The van der Waals surface area contributed by atoms with Crippen LogP contribution in [0.3, 0.4) is 0 Å². The minimum Gasteiger partial charge on any atom is -0.379 e. The van der Waals surface area contributed by atoms with E-state index in [0.717, 1.165) is 56.7 Å². The summed E-state index contributed by atoms with van der Waals surface area (Å²) in [5.41, 5.74) is 2.36. The average molecular weight is 396 g/mol. The van der Waals surface area contributed by atoms with Crippen LogP contribution in [0, 0.1) is 0 Å². The summed E-state index contributed by atoms with van der Waals surface area (Å²) in [6.45, 7) is 4.03. The number of ether oxygens (including phenoxy) is 1. The quantitative estimate of drug-likeness (QED) is 0.859. The number of fused-ring (bicyclic) bond motifs is 1. The molecule has 0 amide bonds. The molecule has 1 aromatic carbocycles. The molecule has 2 aromatic rings. The lowest BCUT2D eigenvalue weighted by Gasteiger charge is -2.33. The maximum absolute atomic E-state index is 6.16. The number of rotatable bonds is 4. The van der Waals surface area contributed by atoms with Crippen LogP contribution in [0.1, 0.15) is 17.7 Å². The summed E-state index contributed by atoms with van der Waals surface area (Å²) in [5.74, 6) is 1.95. The van der Waals surface area contributed by atoms with Crippen LogP contribution in [0.25, 0.3) is 0 Å². The van der Waals surface area contributed by atoms with Gasteiger partial charge in [-0.2, -0.15) is 4.98 Å². The summed E-state index contributed by atoms with van der Waals surface area (Å²) >= 11 is 12.2. The number of benzene rings is 1. The Morgan fingerprint density at radius 1 is 1.27 bits per heavy atom. The molecule has 3 heterocycles. The third-order valence-electron chi connectivity index (χ3n) is 4.99. The van der Waals surface area contributed by atoms with Gasteiger partial charge in [-0.15, -0.1) is 0 Å². The fraction of sp³-hybridized carbons (Fsp3) is 0.500. The molecule has 1 fully saturated rings. The van der Waals surface area contributed by atoms with Crippen molar-refractivity contribution in [2.75, 3.05) is 37.1 Å². The second-order valence-corrected chi connectivity index (χ2v) is 7.86. The van der Waals surface area contributed by atoms with E-state index in [4.69, 9.17) is 32.9 Å². The second-order valence-electron chi connectivity index (χ2n) is 7.04. The van der Waals surface area contributed by atoms with Gasteiger partial charge in [0.15, 0.2) is 5.82 Å². The molecule has 0 spiro atoms. The van der Waals surface area contributed by atoms with Crippen molar-refractivity contribution in [3.05, 3.63) is 39.5 Å². The van der Waals surface area contributed by atoms with Crippen molar-refractivity contribution in [2.45, 2.75) is 25.6 Å². The van der Waals surface area contributed by atoms with E-state index in [1.165, 1.54) is 5.69 Å². The summed E-state index contributed by atoms with van der Waals surface area (Å²) < 4.78 is 7.61. The zero-order valence-corrected chi connectivity index (χ0v) is 16.5. The molecule has 2 aliphatic rings. The Hall–Kier alpha value is -1.47. The molecular weight excluding hydrogens is 373 g/mol. The molecule has 6 nitrogen and oxygen atoms in total. The first-order chi connectivity index (χ1) is 12.5. The zero-order chi connectivity index (χ0) is 18.3. The van der Waals surface area contributed by atoms with Crippen molar-refractivity contribution < 1.29 is 4.74 Å². The van der Waals surface area contributed by atoms with Crippen molar-refractivity contribution in [3.8, 4) is 0 Å². The molecule has 0 unspecified atom stereocenters. The molecule has 1 atom stereocenters. The third-order valence-corrected chi connectivity index (χ3v) is 5.73. The molecule has 0 saturated carbocycles. The normalized spacial score (nSPS) is 20.5. The van der Waals surface area contributed by atoms with Crippen LogP contribution in [0.15, 0.2) is 18.2 Å². The maximum Gasteiger partial charge on any atom is 0.205 e. The molecule has 4 rings (SSSR count). The summed E-state index contributed by atoms with van der Waals surface area (Å²) in [4.78, 5) is 9.37. The minimum atomic E-state index is 0.343. The van der Waals surface area contributed by atoms with Gasteiger partial charge in [0.2, 0.25) is 5.95 Å². The molecular formula is C18H23Cl2N5O. The first kappa shape index (κ1) is 17.9. The Morgan fingerprint density at radius 2 is 2.12 bits per heavy atom. The molecule has 0 radical (unpaired) electrons. The van der Waals surface area contributed by atoms with Crippen molar-refractivity contribution in [1.29, 1.82) is 0 Å². The fourth-order valence-electron chi connectivity index (χ4n) is 3.59. The zero-order valence-electron chi connectivity index (χ0n) is 15.0. The van der Waals surface area contributed by atoms with Crippen LogP contribution in [-0.2, 0) is 24.9 Å². The van der Waals surface area contributed by atoms with Crippen LogP contribution >= 0.6 is 23.2 Å². The maximum atomic E-state index is 6.16. The van der Waals surface area contributed by atoms with E-state index < -0.39 is 0 Å². The highest BCUT2D eigenvalue weighted by molar-refractivity contribution is 6.42. The summed E-state index contributed by atoms with van der Waals surface area (Å²) in [6.07, 6.45) is 1.02. The molecule has 1 aromatic heterocycles. The molecule has 26 heavy (non-hydrogen) atoms. The monoisotopic (exact) mass is 395 g/mol. The van der Waals surface area contributed by atoms with Gasteiger partial charge in [0.05, 0.1) is 35.1 Å². The Labute approximate surface area is 163 Å². The number of imidazole rings is 1. The van der Waals surface area contributed by atoms with Gasteiger partial charge in [0.25, 0.3) is 0 Å². The van der Waals surface area contributed by atoms with E-state index in [9.17, 15) is 0 Å². The largest absolute Gasteiger partial charge is 0.379 e. The van der Waals surface area contributed by atoms with Gasteiger partial charge < -0.3 is 19.5 Å². The standard InChI is InChI=1S/C18H23Cl2N5O/c1-23-11-25(8-12-3-4-14(19)15(20)7-12)9-16-17(23)22-18(24(16)2)21-13-5-6-26-10-13/h3-4,7,13H,5-6,8-11H2,1-2H3,(H,21,22)/t13-/m0/s1. The number of aromatic nitrogens is 2. The molecule has 0 bridgehead atoms. The minimum absolute atomic E-state index is 0.343. The number of hydrogen-bond donors (Lipinski definition) is 1. The fourth-order valence-corrected chi connectivity index (χ4v) is 3.91. The highest BCUT2D eigenvalue weighted by Gasteiger charge is 2.27. The van der Waals surface area contributed by atoms with Crippen LogP contribution in [0.5, 0.6) is 0 Å². The molecule has 140 valence electrons. The van der Waals surface area contributed by atoms with Gasteiger partial charge in [-0.1, -0.05) is 29.3 Å². The second kappa shape index (κ2) is 7.27. The Bertz CT molecular complexity index is 803. The van der Waals surface area contributed by atoms with Gasteiger partial charge >= 0.3 is 0 Å². The van der Waals surface area contributed by atoms with E-state index in [1.54, 1.807) is 0 Å². The predicted octanol–water partition coefficient (Wildman–Crippen LogP) is 3.34. The topological polar surface area (TPSA) is 45.6 Å². The first-order valence-electron chi connectivity index (χ1n) is 8.78. The molecule has 0 aliphatic carbocycles. The highest BCUT2D eigenvalue weighted by Crippen LogP contribution is 2.30. The van der Waals surface area contributed by atoms with Gasteiger partial charge in [0.1, 0.15) is 0 Å². The summed E-state index contributed by atoms with van der Waals surface area (Å²) in [6, 6.07) is 6.17. The van der Waals surface area contributed by atoms with Crippen molar-refractivity contribution in [3.63, 3.8) is 0 Å². The van der Waals surface area contributed by atoms with Crippen LogP contribution in [-0.4, -0.2) is 47.4 Å². The van der Waals surface area contributed by atoms with E-state index in [-0.39, 0.29) is 0 Å². The average Bonchev–Trinajstić information content (AvgIpc) is 3.22. The van der Waals surface area contributed by atoms with Gasteiger partial charge in [-0.05, 0) is 24.1 Å². The van der Waals surface area contributed by atoms with Gasteiger partial charge in [0, 0.05) is 33.8 Å². The van der Waals surface area contributed by atoms with Crippen LogP contribution < -0.4 is 10.2 Å².